The number of hydrogen-bond donors (Lipinski definition) is 2. The maximum absolute atomic E-state index is 11.8. The Morgan fingerprint density at radius 2 is 1.94 bits per heavy atom. The van der Waals surface area contributed by atoms with Gasteiger partial charge in [-0.2, -0.15) is 0 Å². The quantitative estimate of drug-likeness (QED) is 0.701. The molecule has 1 aromatic carbocycles. The Morgan fingerprint density at radius 1 is 1.06 bits per heavy atom. The van der Waals surface area contributed by atoms with E-state index in [2.05, 4.69) is 10.3 Å². The molecular formula is C13H10N2O. The van der Waals surface area contributed by atoms with E-state index in [1.165, 1.54) is 0 Å². The molecule has 2 N–H and O–H groups in total. The first-order valence-corrected chi connectivity index (χ1v) is 5.10. The van der Waals surface area contributed by atoms with Gasteiger partial charge >= 0.3 is 0 Å². The van der Waals surface area contributed by atoms with E-state index < -0.39 is 0 Å². The number of aromatic amines is 1. The number of benzene rings is 1. The maximum Gasteiger partial charge on any atom is 0.256 e. The molecule has 1 aromatic heterocycles. The average Bonchev–Trinajstić information content (AvgIpc) is 2.89. The van der Waals surface area contributed by atoms with Crippen LogP contribution in [-0.2, 0) is 4.79 Å². The minimum Gasteiger partial charge on any atom is -0.362 e. The zero-order chi connectivity index (χ0) is 11.0. The molecule has 1 amide bonds. The molecule has 16 heavy (non-hydrogen) atoms. The highest BCUT2D eigenvalue weighted by molar-refractivity contribution is 6.34. The number of nitrogens with one attached hydrogen (secondary N) is 2. The van der Waals surface area contributed by atoms with Gasteiger partial charge in [0.25, 0.3) is 5.91 Å². The fourth-order valence-corrected chi connectivity index (χ4v) is 1.87. The van der Waals surface area contributed by atoms with Crippen LogP contribution < -0.4 is 5.32 Å². The smallest absolute Gasteiger partial charge is 0.256 e. The number of para-hydroxylation sites is 1. The molecule has 0 saturated heterocycles. The summed E-state index contributed by atoms with van der Waals surface area (Å²) in [5.41, 5.74) is 3.48. The van der Waals surface area contributed by atoms with E-state index >= 15 is 0 Å². The Kier molecular flexibility index (Phi) is 1.90. The van der Waals surface area contributed by atoms with Gasteiger partial charge in [-0.1, -0.05) is 18.2 Å². The number of aromatic nitrogens is 1. The molecule has 2 heterocycles. The molecule has 3 nitrogen and oxygen atoms in total. The van der Waals surface area contributed by atoms with E-state index in [1.807, 2.05) is 48.7 Å². The number of amides is 1. The summed E-state index contributed by atoms with van der Waals surface area (Å²) < 4.78 is 0. The second-order valence-corrected chi connectivity index (χ2v) is 3.68. The Balaban J connectivity index is 2.12. The molecule has 3 heteroatoms. The van der Waals surface area contributed by atoms with Crippen LogP contribution in [0.15, 0.2) is 42.6 Å². The van der Waals surface area contributed by atoms with Gasteiger partial charge in [0, 0.05) is 23.1 Å². The molecule has 0 fully saturated rings. The molecule has 0 aliphatic carbocycles. The van der Waals surface area contributed by atoms with Crippen LogP contribution in [0.2, 0.25) is 0 Å². The lowest BCUT2D eigenvalue weighted by molar-refractivity contribution is -0.110. The van der Waals surface area contributed by atoms with E-state index in [0.29, 0.717) is 5.57 Å². The van der Waals surface area contributed by atoms with Crippen LogP contribution in [0, 0.1) is 0 Å². The number of fused-ring (bicyclic) bond motifs is 1. The van der Waals surface area contributed by atoms with E-state index in [0.717, 1.165) is 16.9 Å². The maximum atomic E-state index is 11.8. The predicted molar refractivity (Wildman–Crippen MR) is 63.7 cm³/mol. The molecular weight excluding hydrogens is 202 g/mol. The van der Waals surface area contributed by atoms with E-state index in [9.17, 15) is 4.79 Å². The summed E-state index contributed by atoms with van der Waals surface area (Å²) >= 11 is 0. The van der Waals surface area contributed by atoms with Gasteiger partial charge in [0.1, 0.15) is 0 Å². The van der Waals surface area contributed by atoms with Crippen molar-refractivity contribution < 1.29 is 4.79 Å². The van der Waals surface area contributed by atoms with Gasteiger partial charge in [0.05, 0.1) is 5.57 Å². The van der Waals surface area contributed by atoms with Crippen molar-refractivity contribution in [2.75, 3.05) is 5.32 Å². The van der Waals surface area contributed by atoms with Gasteiger partial charge in [0.2, 0.25) is 0 Å². The van der Waals surface area contributed by atoms with Crippen LogP contribution in [0.1, 0.15) is 11.3 Å². The van der Waals surface area contributed by atoms with Gasteiger partial charge < -0.3 is 10.3 Å². The lowest BCUT2D eigenvalue weighted by Crippen LogP contribution is -2.03. The van der Waals surface area contributed by atoms with Gasteiger partial charge in [0.15, 0.2) is 0 Å². The van der Waals surface area contributed by atoms with Crippen LogP contribution in [-0.4, -0.2) is 10.9 Å². The summed E-state index contributed by atoms with van der Waals surface area (Å²) in [6, 6.07) is 11.5. The standard InChI is InChI=1S/C13H10N2O/c16-13-11(8-9-4-3-7-14-9)10-5-1-2-6-12(10)15-13/h1-8,14H,(H,15,16)/i8+2. The number of carbonyl (C=O) groups excluding carboxylic acids is 1. The van der Waals surface area contributed by atoms with E-state index in [4.69, 9.17) is 0 Å². The fraction of sp³-hybridized carbons (Fsp3) is 0. The highest BCUT2D eigenvalue weighted by atomic mass is 16.2. The molecule has 0 atom stereocenters. The minimum atomic E-state index is -0.0456. The van der Waals surface area contributed by atoms with Crippen molar-refractivity contribution in [1.82, 2.24) is 4.98 Å². The SMILES string of the molecule is O=C1Nc2ccccc2C1=[14CH]c1ccc[nH]1. The summed E-state index contributed by atoms with van der Waals surface area (Å²) in [7, 11) is 0. The number of H-pyrrole nitrogens is 1. The molecule has 0 saturated carbocycles. The van der Waals surface area contributed by atoms with E-state index in [1.54, 1.807) is 0 Å². The predicted octanol–water partition coefficient (Wildman–Crippen LogP) is 2.51. The first-order chi connectivity index (χ1) is 7.84. The van der Waals surface area contributed by atoms with Gasteiger partial charge in [-0.25, -0.2) is 0 Å². The lowest BCUT2D eigenvalue weighted by atomic mass is 10.1. The second-order valence-electron chi connectivity index (χ2n) is 3.68. The van der Waals surface area contributed by atoms with Crippen LogP contribution >= 0.6 is 0 Å². The Hall–Kier alpha value is -2.29. The third kappa shape index (κ3) is 1.34. The van der Waals surface area contributed by atoms with Crippen LogP contribution in [0.25, 0.3) is 11.6 Å². The van der Waals surface area contributed by atoms with E-state index in [-0.39, 0.29) is 5.91 Å². The monoisotopic (exact) mass is 212 g/mol. The topological polar surface area (TPSA) is 44.9 Å². The van der Waals surface area contributed by atoms with Crippen LogP contribution in [0.5, 0.6) is 0 Å². The lowest BCUT2D eigenvalue weighted by Gasteiger charge is -1.95. The second kappa shape index (κ2) is 3.38. The molecule has 78 valence electrons. The average molecular weight is 212 g/mol. The highest BCUT2D eigenvalue weighted by Gasteiger charge is 2.23. The number of anilines is 1. The summed E-state index contributed by atoms with van der Waals surface area (Å²) in [5, 5.41) is 2.84. The van der Waals surface area contributed by atoms with Crippen molar-refractivity contribution >= 4 is 23.2 Å². The Morgan fingerprint density at radius 3 is 2.75 bits per heavy atom. The van der Waals surface area contributed by atoms with Crippen LogP contribution in [0.4, 0.5) is 5.69 Å². The number of carbonyl (C=O) groups is 1. The summed E-state index contributed by atoms with van der Waals surface area (Å²) in [5.74, 6) is -0.0456. The fourth-order valence-electron chi connectivity index (χ4n) is 1.87. The minimum absolute atomic E-state index is 0.0456. The molecule has 1 aliphatic rings. The van der Waals surface area contributed by atoms with Crippen molar-refractivity contribution in [1.29, 1.82) is 0 Å². The summed E-state index contributed by atoms with van der Waals surface area (Å²) in [6.45, 7) is 0. The molecule has 0 unspecified atom stereocenters. The molecule has 3 rings (SSSR count). The Labute approximate surface area is 92.8 Å². The van der Waals surface area contributed by atoms with Gasteiger partial charge in [-0.05, 0) is 24.3 Å². The van der Waals surface area contributed by atoms with Gasteiger partial charge in [-0.15, -0.1) is 0 Å². The third-order valence-corrected chi connectivity index (χ3v) is 2.63. The van der Waals surface area contributed by atoms with Crippen molar-refractivity contribution in [3.05, 3.63) is 53.9 Å². The molecule has 0 radical (unpaired) electrons. The van der Waals surface area contributed by atoms with Crippen molar-refractivity contribution in [3.8, 4) is 0 Å². The van der Waals surface area contributed by atoms with Crippen molar-refractivity contribution in [3.63, 3.8) is 0 Å². The van der Waals surface area contributed by atoms with Crippen LogP contribution in [0.3, 0.4) is 0 Å². The first-order valence-electron chi connectivity index (χ1n) is 5.10. The summed E-state index contributed by atoms with van der Waals surface area (Å²) in [6.07, 6.45) is 3.70. The largest absolute Gasteiger partial charge is 0.362 e. The number of rotatable bonds is 1. The zero-order valence-electron chi connectivity index (χ0n) is 8.53. The van der Waals surface area contributed by atoms with Crippen molar-refractivity contribution in [2.45, 2.75) is 0 Å². The molecule has 2 aromatic rings. The van der Waals surface area contributed by atoms with Gasteiger partial charge in [-0.3, -0.25) is 4.79 Å². The summed E-state index contributed by atoms with van der Waals surface area (Å²) in [4.78, 5) is 14.8. The zero-order valence-corrected chi connectivity index (χ0v) is 8.53. The molecule has 0 spiro atoms. The number of hydrogen-bond acceptors (Lipinski definition) is 1. The molecule has 1 aliphatic heterocycles. The third-order valence-electron chi connectivity index (χ3n) is 2.63. The Bertz CT molecular complexity index is 567. The normalized spacial score (nSPS) is 16.2. The first kappa shape index (κ1) is 8.97. The highest BCUT2D eigenvalue weighted by Crippen LogP contribution is 2.32. The van der Waals surface area contributed by atoms with Crippen molar-refractivity contribution in [2.24, 2.45) is 0 Å². The molecule has 0 bridgehead atoms.